The highest BCUT2D eigenvalue weighted by Crippen LogP contribution is 2.16. The van der Waals surface area contributed by atoms with Crippen LogP contribution in [0.2, 0.25) is 0 Å². The van der Waals surface area contributed by atoms with Crippen LogP contribution in [0.3, 0.4) is 0 Å². The molecule has 0 aliphatic heterocycles. The van der Waals surface area contributed by atoms with Crippen LogP contribution in [-0.2, 0) is 9.59 Å². The number of rotatable bonds is 5. The Morgan fingerprint density at radius 3 is 2.26 bits per heavy atom. The van der Waals surface area contributed by atoms with Crippen LogP contribution in [0, 0.1) is 19.3 Å². The van der Waals surface area contributed by atoms with Crippen molar-refractivity contribution in [3.63, 3.8) is 0 Å². The van der Waals surface area contributed by atoms with E-state index in [0.717, 1.165) is 22.5 Å². The van der Waals surface area contributed by atoms with Crippen molar-refractivity contribution in [1.29, 1.82) is 0 Å². The first-order chi connectivity index (χ1) is 10.6. The van der Waals surface area contributed by atoms with Crippen LogP contribution in [0.25, 0.3) is 0 Å². The molecule has 5 nitrogen and oxygen atoms in total. The van der Waals surface area contributed by atoms with E-state index in [-0.39, 0.29) is 30.1 Å². The third-order valence-electron chi connectivity index (χ3n) is 3.67. The summed E-state index contributed by atoms with van der Waals surface area (Å²) in [6.45, 7) is 11.9. The van der Waals surface area contributed by atoms with Gasteiger partial charge in [0, 0.05) is 29.7 Å². The molecule has 0 saturated heterocycles. The molecule has 0 spiro atoms. The molecule has 0 radical (unpaired) electrons. The van der Waals surface area contributed by atoms with E-state index in [2.05, 4.69) is 15.8 Å². The van der Waals surface area contributed by atoms with Crippen LogP contribution in [0.1, 0.15) is 51.7 Å². The van der Waals surface area contributed by atoms with Crippen molar-refractivity contribution in [2.45, 2.75) is 54.4 Å². The highest BCUT2D eigenvalue weighted by Gasteiger charge is 2.15. The Labute approximate surface area is 138 Å². The molecule has 2 N–H and O–H groups in total. The normalized spacial score (nSPS) is 12.0. The van der Waals surface area contributed by atoms with Crippen LogP contribution >= 0.6 is 0 Å². The van der Waals surface area contributed by atoms with Gasteiger partial charge in [-0.3, -0.25) is 9.59 Å². The molecule has 1 aromatic rings. The van der Waals surface area contributed by atoms with E-state index >= 15 is 0 Å². The number of hydrogen-bond acceptors (Lipinski definition) is 3. The van der Waals surface area contributed by atoms with Crippen molar-refractivity contribution >= 4 is 23.2 Å². The number of nitrogens with zero attached hydrogens (tertiary/aromatic N) is 1. The number of anilines is 1. The molecule has 126 valence electrons. The molecule has 1 aromatic carbocycles. The van der Waals surface area contributed by atoms with E-state index < -0.39 is 0 Å². The van der Waals surface area contributed by atoms with Gasteiger partial charge in [0.15, 0.2) is 0 Å². The van der Waals surface area contributed by atoms with E-state index in [9.17, 15) is 9.59 Å². The zero-order valence-electron chi connectivity index (χ0n) is 14.9. The van der Waals surface area contributed by atoms with E-state index in [1.807, 2.05) is 59.7 Å². The maximum Gasteiger partial charge on any atom is 0.240 e. The monoisotopic (exact) mass is 317 g/mol. The van der Waals surface area contributed by atoms with Crippen molar-refractivity contribution in [2.24, 2.45) is 10.5 Å². The van der Waals surface area contributed by atoms with Crippen LogP contribution in [0.15, 0.2) is 23.3 Å². The van der Waals surface area contributed by atoms with Crippen molar-refractivity contribution < 1.29 is 9.59 Å². The first-order valence-electron chi connectivity index (χ1n) is 7.80. The fraction of sp³-hybridized carbons (Fsp3) is 0.500. The second-order valence-corrected chi connectivity index (χ2v) is 6.85. The fourth-order valence-electron chi connectivity index (χ4n) is 1.76. The third-order valence-corrected chi connectivity index (χ3v) is 3.67. The zero-order chi connectivity index (χ0) is 17.6. The van der Waals surface area contributed by atoms with E-state index in [1.165, 1.54) is 0 Å². The van der Waals surface area contributed by atoms with Gasteiger partial charge in [0.25, 0.3) is 0 Å². The fourth-order valence-corrected chi connectivity index (χ4v) is 1.76. The lowest BCUT2D eigenvalue weighted by atomic mass is 9.91. The number of amides is 2. The van der Waals surface area contributed by atoms with Crippen molar-refractivity contribution in [3.05, 3.63) is 29.3 Å². The average Bonchev–Trinajstić information content (AvgIpc) is 2.44. The van der Waals surface area contributed by atoms with Crippen molar-refractivity contribution in [2.75, 3.05) is 5.32 Å². The molecule has 23 heavy (non-hydrogen) atoms. The lowest BCUT2D eigenvalue weighted by Crippen LogP contribution is -2.25. The Kier molecular flexibility index (Phi) is 6.49. The Bertz CT molecular complexity index is 613. The predicted molar refractivity (Wildman–Crippen MR) is 94.5 cm³/mol. The van der Waals surface area contributed by atoms with Gasteiger partial charge in [0.05, 0.1) is 0 Å². The summed E-state index contributed by atoms with van der Waals surface area (Å²) in [6.07, 6.45) is 0.237. The van der Waals surface area contributed by atoms with Gasteiger partial charge in [-0.1, -0.05) is 38.5 Å². The molecule has 0 aliphatic carbocycles. The van der Waals surface area contributed by atoms with Gasteiger partial charge in [-0.15, -0.1) is 0 Å². The Morgan fingerprint density at radius 1 is 1.09 bits per heavy atom. The first-order valence-corrected chi connectivity index (χ1v) is 7.80. The summed E-state index contributed by atoms with van der Waals surface area (Å²) in [5, 5.41) is 6.89. The number of carbonyl (C=O) groups excluding carboxylic acids is 2. The molecule has 0 aromatic heterocycles. The molecule has 0 aliphatic rings. The van der Waals surface area contributed by atoms with Gasteiger partial charge in [-0.2, -0.15) is 5.10 Å². The Hall–Kier alpha value is -2.17. The molecular formula is C18H27N3O2. The molecule has 0 bridgehead atoms. The number of benzene rings is 1. The van der Waals surface area contributed by atoms with Crippen molar-refractivity contribution in [1.82, 2.24) is 5.43 Å². The van der Waals surface area contributed by atoms with Gasteiger partial charge < -0.3 is 5.32 Å². The quantitative estimate of drug-likeness (QED) is 0.644. The van der Waals surface area contributed by atoms with Crippen LogP contribution < -0.4 is 10.7 Å². The molecule has 2 amide bonds. The van der Waals surface area contributed by atoms with E-state index in [0.29, 0.717) is 0 Å². The summed E-state index contributed by atoms with van der Waals surface area (Å²) in [5.41, 5.74) is 6.18. The largest absolute Gasteiger partial charge is 0.326 e. The molecule has 0 fully saturated rings. The van der Waals surface area contributed by atoms with Crippen LogP contribution in [0.5, 0.6) is 0 Å². The second-order valence-electron chi connectivity index (χ2n) is 6.85. The average molecular weight is 317 g/mol. The maximum atomic E-state index is 11.9. The number of carbonyl (C=O) groups is 2. The predicted octanol–water partition coefficient (Wildman–Crippen LogP) is 3.56. The topological polar surface area (TPSA) is 70.6 Å². The summed E-state index contributed by atoms with van der Waals surface area (Å²) >= 11 is 0. The number of nitrogens with one attached hydrogen (secondary N) is 2. The number of aryl methyl sites for hydroxylation is 2. The summed E-state index contributed by atoms with van der Waals surface area (Å²) in [4.78, 5) is 23.7. The first kappa shape index (κ1) is 18.9. The summed E-state index contributed by atoms with van der Waals surface area (Å²) in [5.74, 6) is -0.437. The van der Waals surface area contributed by atoms with Crippen molar-refractivity contribution in [3.8, 4) is 0 Å². The lowest BCUT2D eigenvalue weighted by Gasteiger charge is -2.17. The minimum atomic E-state index is -0.260. The highest BCUT2D eigenvalue weighted by atomic mass is 16.2. The van der Waals surface area contributed by atoms with Crippen LogP contribution in [-0.4, -0.2) is 17.5 Å². The number of hydrazone groups is 1. The molecule has 0 saturated carbocycles. The minimum Gasteiger partial charge on any atom is -0.326 e. The maximum absolute atomic E-state index is 11.9. The summed E-state index contributed by atoms with van der Waals surface area (Å²) < 4.78 is 0. The summed E-state index contributed by atoms with van der Waals surface area (Å²) in [7, 11) is 0. The standard InChI is InChI=1S/C18H27N3O2/c1-12-7-8-15(13(2)11-12)19-16(22)9-10-17(23)21-20-14(3)18(4,5)6/h7-8,11H,9-10H2,1-6H3,(H,19,22)(H,21,23). The van der Waals surface area contributed by atoms with Gasteiger partial charge in [-0.05, 0) is 32.4 Å². The smallest absolute Gasteiger partial charge is 0.240 e. The highest BCUT2D eigenvalue weighted by molar-refractivity contribution is 5.94. The molecule has 0 atom stereocenters. The molecule has 5 heteroatoms. The minimum absolute atomic E-state index is 0.0897. The van der Waals surface area contributed by atoms with E-state index in [4.69, 9.17) is 0 Å². The SMILES string of the molecule is CC(=NNC(=O)CCC(=O)Nc1ccc(C)cc1C)C(C)(C)C. The Morgan fingerprint density at radius 2 is 1.70 bits per heavy atom. The second kappa shape index (κ2) is 7.90. The zero-order valence-corrected chi connectivity index (χ0v) is 14.9. The van der Waals surface area contributed by atoms with Crippen LogP contribution in [0.4, 0.5) is 5.69 Å². The van der Waals surface area contributed by atoms with Gasteiger partial charge in [0.1, 0.15) is 0 Å². The molecule has 1 rings (SSSR count). The molecule has 0 unspecified atom stereocenters. The Balaban J connectivity index is 2.45. The van der Waals surface area contributed by atoms with Gasteiger partial charge >= 0.3 is 0 Å². The molecular weight excluding hydrogens is 290 g/mol. The number of hydrogen-bond donors (Lipinski definition) is 2. The molecule has 0 heterocycles. The van der Waals surface area contributed by atoms with E-state index in [1.54, 1.807) is 0 Å². The van der Waals surface area contributed by atoms with Gasteiger partial charge in [-0.25, -0.2) is 5.43 Å². The summed E-state index contributed by atoms with van der Waals surface area (Å²) in [6, 6.07) is 5.82. The lowest BCUT2D eigenvalue weighted by molar-refractivity contribution is -0.124. The van der Waals surface area contributed by atoms with Gasteiger partial charge in [0.2, 0.25) is 11.8 Å². The third kappa shape index (κ3) is 6.63.